The van der Waals surface area contributed by atoms with Crippen LogP contribution in [-0.2, 0) is 6.54 Å². The van der Waals surface area contributed by atoms with E-state index < -0.39 is 0 Å². The molecule has 0 saturated carbocycles. The highest BCUT2D eigenvalue weighted by atomic mass is 35.5. The Bertz CT molecular complexity index is 375. The maximum atomic E-state index is 5.79. The Morgan fingerprint density at radius 1 is 1.54 bits per heavy atom. The molecule has 6 heteroatoms. The van der Waals surface area contributed by atoms with Crippen molar-refractivity contribution in [3.8, 4) is 0 Å². The van der Waals surface area contributed by atoms with E-state index in [4.69, 9.17) is 16.0 Å². The number of aryl methyl sites for hydroxylation is 1. The molecule has 0 unspecified atom stereocenters. The molecule has 0 bridgehead atoms. The molecule has 0 atom stereocenters. The fourth-order valence-corrected chi connectivity index (χ4v) is 1.23. The van der Waals surface area contributed by atoms with Crippen molar-refractivity contribution >= 4 is 11.6 Å². The molecule has 0 fully saturated rings. The van der Waals surface area contributed by atoms with Crippen LogP contribution in [0.3, 0.4) is 0 Å². The smallest absolute Gasteiger partial charge is 0.225 e. The number of rotatable bonds is 2. The van der Waals surface area contributed by atoms with E-state index in [0.29, 0.717) is 11.8 Å². The summed E-state index contributed by atoms with van der Waals surface area (Å²) in [6, 6.07) is 0. The van der Waals surface area contributed by atoms with Crippen LogP contribution in [0.4, 0.5) is 0 Å². The van der Waals surface area contributed by atoms with E-state index in [1.165, 1.54) is 6.39 Å². The van der Waals surface area contributed by atoms with Gasteiger partial charge in [-0.1, -0.05) is 0 Å². The molecular formula is C7H7ClN4O. The summed E-state index contributed by atoms with van der Waals surface area (Å²) in [5.41, 5.74) is 0.796. The van der Waals surface area contributed by atoms with Crippen molar-refractivity contribution in [1.29, 1.82) is 0 Å². The second-order valence-electron chi connectivity index (χ2n) is 2.58. The summed E-state index contributed by atoms with van der Waals surface area (Å²) in [5, 5.41) is 7.90. The monoisotopic (exact) mass is 198 g/mol. The van der Waals surface area contributed by atoms with Crippen molar-refractivity contribution in [1.82, 2.24) is 19.7 Å². The van der Waals surface area contributed by atoms with Gasteiger partial charge >= 0.3 is 0 Å². The van der Waals surface area contributed by atoms with Crippen LogP contribution >= 0.6 is 11.6 Å². The van der Waals surface area contributed by atoms with Gasteiger partial charge in [-0.25, -0.2) is 4.98 Å². The Kier molecular flexibility index (Phi) is 2.02. The van der Waals surface area contributed by atoms with Gasteiger partial charge in [0.1, 0.15) is 12.1 Å². The molecule has 0 aromatic carbocycles. The maximum absolute atomic E-state index is 5.79. The van der Waals surface area contributed by atoms with Crippen LogP contribution in [0, 0.1) is 6.92 Å². The quantitative estimate of drug-likeness (QED) is 0.730. The Labute approximate surface area is 79.4 Å². The predicted molar refractivity (Wildman–Crippen MR) is 45.4 cm³/mol. The number of hydrogen-bond acceptors (Lipinski definition) is 4. The minimum Gasteiger partial charge on any atom is -0.451 e. The van der Waals surface area contributed by atoms with Crippen LogP contribution in [0.1, 0.15) is 11.5 Å². The van der Waals surface area contributed by atoms with Crippen LogP contribution < -0.4 is 0 Å². The van der Waals surface area contributed by atoms with Crippen molar-refractivity contribution in [2.75, 3.05) is 0 Å². The van der Waals surface area contributed by atoms with Crippen LogP contribution in [0.25, 0.3) is 0 Å². The van der Waals surface area contributed by atoms with Crippen molar-refractivity contribution in [3.05, 3.63) is 29.5 Å². The summed E-state index contributed by atoms with van der Waals surface area (Å²) in [6.07, 6.45) is 2.94. The van der Waals surface area contributed by atoms with Gasteiger partial charge in [-0.2, -0.15) is 0 Å². The highest BCUT2D eigenvalue weighted by molar-refractivity contribution is 6.28. The molecule has 0 aliphatic carbocycles. The molecule has 2 rings (SSSR count). The first-order valence-corrected chi connectivity index (χ1v) is 4.07. The zero-order chi connectivity index (χ0) is 9.26. The van der Waals surface area contributed by atoms with Gasteiger partial charge in [0.25, 0.3) is 0 Å². The third-order valence-corrected chi connectivity index (χ3v) is 1.97. The van der Waals surface area contributed by atoms with E-state index >= 15 is 0 Å². The second-order valence-corrected chi connectivity index (χ2v) is 2.92. The van der Waals surface area contributed by atoms with Crippen LogP contribution in [0.5, 0.6) is 0 Å². The highest BCUT2D eigenvalue weighted by Gasteiger charge is 2.07. The number of halogens is 1. The van der Waals surface area contributed by atoms with Crippen molar-refractivity contribution in [2.45, 2.75) is 13.5 Å². The average Bonchev–Trinajstić information content (AvgIpc) is 2.70. The summed E-state index contributed by atoms with van der Waals surface area (Å²) in [6.45, 7) is 2.37. The highest BCUT2D eigenvalue weighted by Crippen LogP contribution is 2.09. The van der Waals surface area contributed by atoms with Gasteiger partial charge in [-0.3, -0.25) is 4.57 Å². The SMILES string of the molecule is Cc1nnc(Cl)n1Cc1cocn1. The van der Waals surface area contributed by atoms with Crippen molar-refractivity contribution in [2.24, 2.45) is 0 Å². The first kappa shape index (κ1) is 8.25. The minimum atomic E-state index is 0.362. The fraction of sp³-hybridized carbons (Fsp3) is 0.286. The average molecular weight is 199 g/mol. The number of nitrogens with zero attached hydrogens (tertiary/aromatic N) is 4. The lowest BCUT2D eigenvalue weighted by molar-refractivity contribution is 0.555. The van der Waals surface area contributed by atoms with E-state index in [-0.39, 0.29) is 0 Å². The molecule has 0 radical (unpaired) electrons. The van der Waals surface area contributed by atoms with Crippen LogP contribution in [0.15, 0.2) is 17.1 Å². The molecule has 5 nitrogen and oxygen atoms in total. The van der Waals surface area contributed by atoms with Gasteiger partial charge in [0, 0.05) is 0 Å². The third-order valence-electron chi connectivity index (χ3n) is 1.69. The Morgan fingerprint density at radius 2 is 2.38 bits per heavy atom. The Balaban J connectivity index is 2.27. The number of aromatic nitrogens is 4. The first-order chi connectivity index (χ1) is 6.27. The van der Waals surface area contributed by atoms with Crippen molar-refractivity contribution < 1.29 is 4.42 Å². The molecule has 2 aromatic rings. The first-order valence-electron chi connectivity index (χ1n) is 3.70. The number of hydrogen-bond donors (Lipinski definition) is 0. The molecule has 13 heavy (non-hydrogen) atoms. The minimum absolute atomic E-state index is 0.362. The molecule has 0 aliphatic rings. The lowest BCUT2D eigenvalue weighted by atomic mass is 10.4. The number of oxazole rings is 1. The van der Waals surface area contributed by atoms with E-state index in [2.05, 4.69) is 15.2 Å². The summed E-state index contributed by atoms with van der Waals surface area (Å²) in [7, 11) is 0. The molecule has 0 amide bonds. The van der Waals surface area contributed by atoms with E-state index in [9.17, 15) is 0 Å². The summed E-state index contributed by atoms with van der Waals surface area (Å²) in [5.74, 6) is 0.757. The van der Waals surface area contributed by atoms with E-state index in [1.54, 1.807) is 10.8 Å². The van der Waals surface area contributed by atoms with E-state index in [0.717, 1.165) is 11.5 Å². The molecule has 68 valence electrons. The molecule has 2 heterocycles. The molecular weight excluding hydrogens is 192 g/mol. The van der Waals surface area contributed by atoms with Gasteiger partial charge in [0.2, 0.25) is 5.28 Å². The van der Waals surface area contributed by atoms with E-state index in [1.807, 2.05) is 6.92 Å². The predicted octanol–water partition coefficient (Wildman–Crippen LogP) is 1.28. The summed E-state index contributed by atoms with van der Waals surface area (Å²) >= 11 is 5.79. The molecule has 2 aromatic heterocycles. The summed E-state index contributed by atoms with van der Waals surface area (Å²) < 4.78 is 6.58. The van der Waals surface area contributed by atoms with Crippen LogP contribution in [0.2, 0.25) is 5.28 Å². The fourth-order valence-electron chi connectivity index (χ4n) is 1.01. The largest absolute Gasteiger partial charge is 0.451 e. The van der Waals surface area contributed by atoms with Crippen molar-refractivity contribution in [3.63, 3.8) is 0 Å². The lowest BCUT2D eigenvalue weighted by Gasteiger charge is -2.00. The summed E-state index contributed by atoms with van der Waals surface area (Å²) in [4.78, 5) is 3.97. The standard InChI is InChI=1S/C7H7ClN4O/c1-5-10-11-7(8)12(5)2-6-3-13-4-9-6/h3-4H,2H2,1H3. The Hall–Kier alpha value is -1.36. The van der Waals surface area contributed by atoms with Gasteiger partial charge in [0.15, 0.2) is 6.39 Å². The zero-order valence-electron chi connectivity index (χ0n) is 6.94. The topological polar surface area (TPSA) is 56.7 Å². The Morgan fingerprint density at radius 3 is 2.92 bits per heavy atom. The second kappa shape index (κ2) is 3.18. The lowest BCUT2D eigenvalue weighted by Crippen LogP contribution is -2.02. The molecule has 0 spiro atoms. The third kappa shape index (κ3) is 1.55. The van der Waals surface area contributed by atoms with Gasteiger partial charge in [-0.15, -0.1) is 10.2 Å². The normalized spacial score (nSPS) is 10.6. The molecule has 0 aliphatic heterocycles. The zero-order valence-corrected chi connectivity index (χ0v) is 7.69. The molecule has 0 saturated heterocycles. The van der Waals surface area contributed by atoms with Gasteiger partial charge < -0.3 is 4.42 Å². The van der Waals surface area contributed by atoms with Gasteiger partial charge in [-0.05, 0) is 18.5 Å². The van der Waals surface area contributed by atoms with Crippen LogP contribution in [-0.4, -0.2) is 19.7 Å². The maximum Gasteiger partial charge on any atom is 0.225 e. The molecule has 0 N–H and O–H groups in total. The van der Waals surface area contributed by atoms with Gasteiger partial charge in [0.05, 0.1) is 12.2 Å².